The second-order valence-electron chi connectivity index (χ2n) is 3.80. The molecule has 2 nitrogen and oxygen atoms in total. The predicted molar refractivity (Wildman–Crippen MR) is 61.4 cm³/mol. The molecule has 1 unspecified atom stereocenters. The fraction of sp³-hybridized carbons (Fsp3) is 0.667. The second kappa shape index (κ2) is 5.86. The van der Waals surface area contributed by atoms with Gasteiger partial charge in [0, 0.05) is 24.5 Å². The third-order valence-corrected chi connectivity index (χ3v) is 2.47. The summed E-state index contributed by atoms with van der Waals surface area (Å²) in [5.74, 6) is 0. The van der Waals surface area contributed by atoms with Crippen LogP contribution in [0.4, 0.5) is 0 Å². The van der Waals surface area contributed by atoms with Crippen LogP contribution in [-0.4, -0.2) is 11.1 Å². The highest BCUT2D eigenvalue weighted by Crippen LogP contribution is 2.13. The van der Waals surface area contributed by atoms with E-state index < -0.39 is 0 Å². The summed E-state index contributed by atoms with van der Waals surface area (Å²) in [5.41, 5.74) is 1.40. The molecule has 0 saturated heterocycles. The Morgan fingerprint density at radius 2 is 2.14 bits per heavy atom. The number of nitrogens with zero attached hydrogens (tertiary/aromatic N) is 1. The average molecular weight is 194 g/mol. The molecular formula is C12H22N2. The summed E-state index contributed by atoms with van der Waals surface area (Å²) in [4.78, 5) is 0. The van der Waals surface area contributed by atoms with E-state index in [-0.39, 0.29) is 0 Å². The zero-order chi connectivity index (χ0) is 10.4. The van der Waals surface area contributed by atoms with Crippen molar-refractivity contribution in [2.75, 3.05) is 6.54 Å². The number of aromatic nitrogens is 1. The molecule has 0 aromatic carbocycles. The largest absolute Gasteiger partial charge is 0.350 e. The van der Waals surface area contributed by atoms with Gasteiger partial charge < -0.3 is 9.88 Å². The highest BCUT2D eigenvalue weighted by molar-refractivity contribution is 5.11. The molecule has 1 aromatic rings. The zero-order valence-corrected chi connectivity index (χ0v) is 9.59. The highest BCUT2D eigenvalue weighted by Gasteiger charge is 2.07. The van der Waals surface area contributed by atoms with E-state index in [9.17, 15) is 0 Å². The van der Waals surface area contributed by atoms with E-state index in [1.165, 1.54) is 18.5 Å². The predicted octanol–water partition coefficient (Wildman–Crippen LogP) is 2.96. The maximum absolute atomic E-state index is 3.51. The van der Waals surface area contributed by atoms with Gasteiger partial charge in [-0.05, 0) is 38.4 Å². The Morgan fingerprint density at radius 3 is 2.79 bits per heavy atom. The first-order valence-electron chi connectivity index (χ1n) is 5.68. The fourth-order valence-corrected chi connectivity index (χ4v) is 1.73. The normalized spacial score (nSPS) is 13.1. The van der Waals surface area contributed by atoms with Crippen LogP contribution in [0.5, 0.6) is 0 Å². The van der Waals surface area contributed by atoms with Crippen molar-refractivity contribution in [1.29, 1.82) is 0 Å². The maximum Gasteiger partial charge on any atom is 0.0446 e. The summed E-state index contributed by atoms with van der Waals surface area (Å²) in [6.45, 7) is 8.87. The van der Waals surface area contributed by atoms with Gasteiger partial charge in [0.15, 0.2) is 0 Å². The second-order valence-corrected chi connectivity index (χ2v) is 3.80. The van der Waals surface area contributed by atoms with Crippen LogP contribution in [0.15, 0.2) is 18.3 Å². The number of nitrogens with one attached hydrogen (secondary N) is 1. The summed E-state index contributed by atoms with van der Waals surface area (Å²) in [6, 6.07) is 4.81. The van der Waals surface area contributed by atoms with Gasteiger partial charge in [-0.2, -0.15) is 0 Å². The van der Waals surface area contributed by atoms with Gasteiger partial charge in [-0.1, -0.05) is 13.8 Å². The lowest BCUT2D eigenvalue weighted by molar-refractivity contribution is 0.521. The van der Waals surface area contributed by atoms with Crippen LogP contribution in [0.1, 0.15) is 45.3 Å². The molecule has 0 radical (unpaired) electrons. The van der Waals surface area contributed by atoms with Gasteiger partial charge in [0.1, 0.15) is 0 Å². The number of hydrogen-bond donors (Lipinski definition) is 1. The minimum Gasteiger partial charge on any atom is -0.350 e. The number of hydrogen-bond acceptors (Lipinski definition) is 1. The minimum atomic E-state index is 0.469. The van der Waals surface area contributed by atoms with Crippen LogP contribution < -0.4 is 5.32 Å². The van der Waals surface area contributed by atoms with Crippen LogP contribution in [-0.2, 0) is 6.54 Å². The number of rotatable bonds is 6. The molecule has 0 aliphatic rings. The Labute approximate surface area is 87.3 Å². The van der Waals surface area contributed by atoms with E-state index in [0.29, 0.717) is 6.04 Å². The molecule has 0 saturated carbocycles. The molecule has 1 aromatic heterocycles. The van der Waals surface area contributed by atoms with Crippen molar-refractivity contribution in [2.24, 2.45) is 0 Å². The molecule has 0 spiro atoms. The smallest absolute Gasteiger partial charge is 0.0446 e. The Bertz CT molecular complexity index is 253. The van der Waals surface area contributed by atoms with Gasteiger partial charge in [-0.15, -0.1) is 0 Å². The van der Waals surface area contributed by atoms with Gasteiger partial charge in [-0.3, -0.25) is 0 Å². The number of aryl methyl sites for hydroxylation is 1. The minimum absolute atomic E-state index is 0.469. The van der Waals surface area contributed by atoms with E-state index >= 15 is 0 Å². The molecule has 0 bridgehead atoms. The molecule has 14 heavy (non-hydrogen) atoms. The summed E-state index contributed by atoms with van der Waals surface area (Å²) >= 11 is 0. The summed E-state index contributed by atoms with van der Waals surface area (Å²) in [7, 11) is 0. The molecule has 0 aliphatic heterocycles. The molecule has 1 N–H and O–H groups in total. The van der Waals surface area contributed by atoms with Gasteiger partial charge >= 0.3 is 0 Å². The lowest BCUT2D eigenvalue weighted by atomic mass is 10.2. The van der Waals surface area contributed by atoms with Crippen molar-refractivity contribution in [3.63, 3.8) is 0 Å². The van der Waals surface area contributed by atoms with Gasteiger partial charge in [-0.25, -0.2) is 0 Å². The van der Waals surface area contributed by atoms with Crippen molar-refractivity contribution in [2.45, 2.75) is 46.2 Å². The molecule has 1 atom stereocenters. The van der Waals surface area contributed by atoms with E-state index in [1.54, 1.807) is 0 Å². The quantitative estimate of drug-likeness (QED) is 0.736. The average Bonchev–Trinajstić information content (AvgIpc) is 2.63. The Balaban J connectivity index is 2.58. The lowest BCUT2D eigenvalue weighted by Gasteiger charge is -2.16. The summed E-state index contributed by atoms with van der Waals surface area (Å²) < 4.78 is 2.34. The van der Waals surface area contributed by atoms with Crippen LogP contribution in [0.25, 0.3) is 0 Å². The van der Waals surface area contributed by atoms with Crippen molar-refractivity contribution in [1.82, 2.24) is 9.88 Å². The molecule has 0 fully saturated rings. The van der Waals surface area contributed by atoms with Gasteiger partial charge in [0.05, 0.1) is 0 Å². The van der Waals surface area contributed by atoms with E-state index in [2.05, 4.69) is 49.0 Å². The topological polar surface area (TPSA) is 17.0 Å². The van der Waals surface area contributed by atoms with Gasteiger partial charge in [0.25, 0.3) is 0 Å². The third kappa shape index (κ3) is 2.88. The van der Waals surface area contributed by atoms with E-state index in [1.807, 2.05) is 0 Å². The SMILES string of the molecule is CCCNC(C)c1cccn1CCC. The summed E-state index contributed by atoms with van der Waals surface area (Å²) in [5, 5.41) is 3.51. The van der Waals surface area contributed by atoms with E-state index in [0.717, 1.165) is 13.1 Å². The zero-order valence-electron chi connectivity index (χ0n) is 9.59. The third-order valence-electron chi connectivity index (χ3n) is 2.47. The first-order chi connectivity index (χ1) is 6.79. The Hall–Kier alpha value is -0.760. The molecular weight excluding hydrogens is 172 g/mol. The van der Waals surface area contributed by atoms with Crippen molar-refractivity contribution in [3.8, 4) is 0 Å². The van der Waals surface area contributed by atoms with Crippen molar-refractivity contribution < 1.29 is 0 Å². The van der Waals surface area contributed by atoms with Crippen molar-refractivity contribution in [3.05, 3.63) is 24.0 Å². The van der Waals surface area contributed by atoms with Gasteiger partial charge in [0.2, 0.25) is 0 Å². The van der Waals surface area contributed by atoms with Crippen LogP contribution >= 0.6 is 0 Å². The maximum atomic E-state index is 3.51. The fourth-order valence-electron chi connectivity index (χ4n) is 1.73. The first-order valence-corrected chi connectivity index (χ1v) is 5.68. The summed E-state index contributed by atoms with van der Waals surface area (Å²) in [6.07, 6.45) is 4.56. The molecule has 0 amide bonds. The Kier molecular flexibility index (Phi) is 4.74. The molecule has 0 aliphatic carbocycles. The van der Waals surface area contributed by atoms with Crippen LogP contribution in [0.2, 0.25) is 0 Å². The monoisotopic (exact) mass is 194 g/mol. The van der Waals surface area contributed by atoms with Crippen LogP contribution in [0.3, 0.4) is 0 Å². The standard InChI is InChI=1S/C12H22N2/c1-4-8-13-11(3)12-7-6-10-14(12)9-5-2/h6-7,10-11,13H,4-5,8-9H2,1-3H3. The van der Waals surface area contributed by atoms with Crippen molar-refractivity contribution >= 4 is 0 Å². The molecule has 1 rings (SSSR count). The Morgan fingerprint density at radius 1 is 1.36 bits per heavy atom. The molecule has 2 heteroatoms. The first kappa shape index (κ1) is 11.3. The highest BCUT2D eigenvalue weighted by atomic mass is 15.0. The lowest BCUT2D eigenvalue weighted by Crippen LogP contribution is -2.21. The van der Waals surface area contributed by atoms with Crippen LogP contribution in [0, 0.1) is 0 Å². The molecule has 1 heterocycles. The molecule has 80 valence electrons. The van der Waals surface area contributed by atoms with E-state index in [4.69, 9.17) is 0 Å².